The monoisotopic (exact) mass is 225 g/mol. The van der Waals surface area contributed by atoms with Gasteiger partial charge in [-0.05, 0) is 19.8 Å². The van der Waals surface area contributed by atoms with Gasteiger partial charge in [0.05, 0.1) is 18.6 Å². The van der Waals surface area contributed by atoms with Gasteiger partial charge >= 0.3 is 0 Å². The molecule has 0 aliphatic rings. The zero-order valence-corrected chi connectivity index (χ0v) is 10.6. The molecule has 1 rings (SSSR count). The van der Waals surface area contributed by atoms with Crippen LogP contribution >= 0.6 is 0 Å². The van der Waals surface area contributed by atoms with Crippen LogP contribution in [-0.4, -0.2) is 27.3 Å². The van der Waals surface area contributed by atoms with Gasteiger partial charge in [0, 0.05) is 24.8 Å². The highest BCUT2D eigenvalue weighted by Gasteiger charge is 2.12. The number of nitrogens with zero attached hydrogens (tertiary/aromatic N) is 2. The van der Waals surface area contributed by atoms with Gasteiger partial charge in [0.15, 0.2) is 0 Å². The van der Waals surface area contributed by atoms with Crippen LogP contribution in [0.1, 0.15) is 39.4 Å². The molecule has 16 heavy (non-hydrogen) atoms. The molecule has 1 aromatic rings. The smallest absolute Gasteiger partial charge is 0.0951 e. The second-order valence-corrected chi connectivity index (χ2v) is 4.80. The van der Waals surface area contributed by atoms with Gasteiger partial charge in [-0.2, -0.15) is 0 Å². The molecule has 0 bridgehead atoms. The number of hydrogen-bond acceptors (Lipinski definition) is 3. The third kappa shape index (κ3) is 3.32. The van der Waals surface area contributed by atoms with Crippen molar-refractivity contribution in [2.24, 2.45) is 5.92 Å². The van der Waals surface area contributed by atoms with Crippen molar-refractivity contribution in [3.8, 4) is 0 Å². The highest BCUT2D eigenvalue weighted by Crippen LogP contribution is 2.09. The minimum Gasteiger partial charge on any atom is -0.395 e. The molecule has 2 N–H and O–H groups in total. The first-order valence-electron chi connectivity index (χ1n) is 5.91. The van der Waals surface area contributed by atoms with E-state index in [1.54, 1.807) is 0 Å². The topological polar surface area (TPSA) is 50.1 Å². The van der Waals surface area contributed by atoms with Crippen LogP contribution in [0.5, 0.6) is 0 Å². The number of aliphatic hydroxyl groups excluding tert-OH is 1. The molecule has 1 atom stereocenters. The lowest BCUT2D eigenvalue weighted by atomic mass is 10.1. The van der Waals surface area contributed by atoms with Crippen molar-refractivity contribution >= 4 is 0 Å². The molecule has 0 saturated carbocycles. The van der Waals surface area contributed by atoms with E-state index in [1.807, 2.05) is 12.5 Å². The Morgan fingerprint density at radius 1 is 1.38 bits per heavy atom. The standard InChI is InChI=1S/C12H23N3O/c1-9(2)12(7-16)14-6-11-5-13-8-15(11)10(3)4/h5,8-10,12,14,16H,6-7H2,1-4H3/t12-/m1/s1. The van der Waals surface area contributed by atoms with E-state index >= 15 is 0 Å². The van der Waals surface area contributed by atoms with Crippen LogP contribution in [0.25, 0.3) is 0 Å². The van der Waals surface area contributed by atoms with Crippen molar-refractivity contribution < 1.29 is 5.11 Å². The molecule has 0 spiro atoms. The largest absolute Gasteiger partial charge is 0.395 e. The molecule has 0 radical (unpaired) electrons. The lowest BCUT2D eigenvalue weighted by Gasteiger charge is -2.21. The zero-order chi connectivity index (χ0) is 12.1. The third-order valence-electron chi connectivity index (χ3n) is 2.85. The first kappa shape index (κ1) is 13.2. The lowest BCUT2D eigenvalue weighted by molar-refractivity contribution is 0.209. The Morgan fingerprint density at radius 2 is 2.06 bits per heavy atom. The van der Waals surface area contributed by atoms with Gasteiger partial charge in [0.1, 0.15) is 0 Å². The van der Waals surface area contributed by atoms with Gasteiger partial charge in [0.25, 0.3) is 0 Å². The molecule has 1 heterocycles. The second kappa shape index (κ2) is 6.01. The van der Waals surface area contributed by atoms with E-state index in [2.05, 4.69) is 42.6 Å². The number of nitrogens with one attached hydrogen (secondary N) is 1. The van der Waals surface area contributed by atoms with E-state index < -0.39 is 0 Å². The lowest BCUT2D eigenvalue weighted by Crippen LogP contribution is -2.37. The number of hydrogen-bond donors (Lipinski definition) is 2. The third-order valence-corrected chi connectivity index (χ3v) is 2.85. The highest BCUT2D eigenvalue weighted by atomic mass is 16.3. The van der Waals surface area contributed by atoms with Crippen molar-refractivity contribution in [2.75, 3.05) is 6.61 Å². The SMILES string of the molecule is CC(C)[C@@H](CO)NCc1cncn1C(C)C. The minimum atomic E-state index is 0.149. The maximum absolute atomic E-state index is 9.22. The van der Waals surface area contributed by atoms with E-state index in [0.29, 0.717) is 12.0 Å². The molecule has 4 nitrogen and oxygen atoms in total. The molecule has 0 fully saturated rings. The summed E-state index contributed by atoms with van der Waals surface area (Å²) in [6.45, 7) is 9.41. The number of aromatic nitrogens is 2. The van der Waals surface area contributed by atoms with Crippen molar-refractivity contribution in [1.82, 2.24) is 14.9 Å². The normalized spacial score (nSPS) is 13.7. The average Bonchev–Trinajstić information content (AvgIpc) is 2.66. The minimum absolute atomic E-state index is 0.149. The summed E-state index contributed by atoms with van der Waals surface area (Å²) in [5.41, 5.74) is 1.16. The Hall–Kier alpha value is -0.870. The van der Waals surface area contributed by atoms with Gasteiger partial charge in [-0.25, -0.2) is 4.98 Å². The number of imidazole rings is 1. The van der Waals surface area contributed by atoms with Crippen LogP contribution in [0, 0.1) is 5.92 Å². The first-order chi connectivity index (χ1) is 7.56. The summed E-state index contributed by atoms with van der Waals surface area (Å²) < 4.78 is 2.14. The Labute approximate surface area is 97.7 Å². The van der Waals surface area contributed by atoms with Crippen LogP contribution in [-0.2, 0) is 6.54 Å². The fourth-order valence-corrected chi connectivity index (χ4v) is 1.68. The molecule has 0 aliphatic carbocycles. The van der Waals surface area contributed by atoms with E-state index in [1.165, 1.54) is 0 Å². The maximum atomic E-state index is 9.22. The van der Waals surface area contributed by atoms with E-state index in [0.717, 1.165) is 12.2 Å². The molecule has 1 aromatic heterocycles. The van der Waals surface area contributed by atoms with E-state index in [9.17, 15) is 5.11 Å². The van der Waals surface area contributed by atoms with Crippen LogP contribution in [0.3, 0.4) is 0 Å². The van der Waals surface area contributed by atoms with Gasteiger partial charge in [-0.3, -0.25) is 0 Å². The summed E-state index contributed by atoms with van der Waals surface area (Å²) in [6, 6.07) is 0.571. The van der Waals surface area contributed by atoms with Crippen LogP contribution < -0.4 is 5.32 Å². The molecule has 0 unspecified atom stereocenters. The molecular weight excluding hydrogens is 202 g/mol. The van der Waals surface area contributed by atoms with Gasteiger partial charge in [-0.1, -0.05) is 13.8 Å². The Kier molecular flexibility index (Phi) is 4.96. The van der Waals surface area contributed by atoms with Crippen molar-refractivity contribution in [1.29, 1.82) is 0 Å². The molecule has 0 amide bonds. The molecule has 4 heteroatoms. The van der Waals surface area contributed by atoms with Crippen LogP contribution in [0.4, 0.5) is 0 Å². The molecular formula is C12H23N3O. The van der Waals surface area contributed by atoms with Crippen molar-refractivity contribution in [3.05, 3.63) is 18.2 Å². The van der Waals surface area contributed by atoms with Crippen LogP contribution in [0.15, 0.2) is 12.5 Å². The van der Waals surface area contributed by atoms with E-state index in [-0.39, 0.29) is 12.6 Å². The second-order valence-electron chi connectivity index (χ2n) is 4.80. The summed E-state index contributed by atoms with van der Waals surface area (Å²) in [7, 11) is 0. The van der Waals surface area contributed by atoms with Crippen molar-refractivity contribution in [2.45, 2.75) is 46.3 Å². The Morgan fingerprint density at radius 3 is 2.56 bits per heavy atom. The summed E-state index contributed by atoms with van der Waals surface area (Å²) in [6.07, 6.45) is 3.73. The summed E-state index contributed by atoms with van der Waals surface area (Å²) in [4.78, 5) is 4.15. The summed E-state index contributed by atoms with van der Waals surface area (Å²) in [5.74, 6) is 0.431. The molecule has 92 valence electrons. The van der Waals surface area contributed by atoms with Gasteiger partial charge in [-0.15, -0.1) is 0 Å². The zero-order valence-electron chi connectivity index (χ0n) is 10.6. The van der Waals surface area contributed by atoms with Gasteiger partial charge < -0.3 is 15.0 Å². The summed E-state index contributed by atoms with van der Waals surface area (Å²) >= 11 is 0. The van der Waals surface area contributed by atoms with E-state index in [4.69, 9.17) is 0 Å². The molecule has 0 aliphatic heterocycles. The average molecular weight is 225 g/mol. The van der Waals surface area contributed by atoms with Crippen molar-refractivity contribution in [3.63, 3.8) is 0 Å². The first-order valence-corrected chi connectivity index (χ1v) is 5.91. The molecule has 0 aromatic carbocycles. The Balaban J connectivity index is 2.56. The van der Waals surface area contributed by atoms with Crippen LogP contribution in [0.2, 0.25) is 0 Å². The Bertz CT molecular complexity index is 307. The maximum Gasteiger partial charge on any atom is 0.0951 e. The molecule has 0 saturated heterocycles. The predicted molar refractivity (Wildman–Crippen MR) is 65.2 cm³/mol. The van der Waals surface area contributed by atoms with Gasteiger partial charge in [0.2, 0.25) is 0 Å². The highest BCUT2D eigenvalue weighted by molar-refractivity contribution is 4.99. The predicted octanol–water partition coefficient (Wildman–Crippen LogP) is 1.57. The quantitative estimate of drug-likeness (QED) is 0.772. The fraction of sp³-hybridized carbons (Fsp3) is 0.750. The number of aliphatic hydroxyl groups is 1. The summed E-state index contributed by atoms with van der Waals surface area (Å²) in [5, 5.41) is 12.6. The number of rotatable bonds is 6. The fourth-order valence-electron chi connectivity index (χ4n) is 1.68.